The normalized spacial score (nSPS) is 17.3. The monoisotopic (exact) mass is 387 g/mol. The molecule has 1 unspecified atom stereocenters. The Hall–Kier alpha value is -1.62. The molecule has 1 atom stereocenters. The standard InChI is InChI=1S/C21H26ClN3S/c1-3-25(21(26)23-20-10-9-16(2)13-19(20)22)18-11-12-24(15-18)14-17-7-5-4-6-8-17/h4-10,13,18H,3,11-12,14-15H2,1-2H3,(H,23,26). The van der Waals surface area contributed by atoms with Gasteiger partial charge < -0.3 is 10.2 Å². The molecule has 138 valence electrons. The van der Waals surface area contributed by atoms with Crippen molar-refractivity contribution in [3.8, 4) is 0 Å². The predicted octanol–water partition coefficient (Wildman–Crippen LogP) is 4.94. The predicted molar refractivity (Wildman–Crippen MR) is 115 cm³/mol. The Balaban J connectivity index is 1.60. The molecule has 26 heavy (non-hydrogen) atoms. The van der Waals surface area contributed by atoms with Crippen LogP contribution in [-0.4, -0.2) is 40.6 Å². The van der Waals surface area contributed by atoms with Crippen LogP contribution < -0.4 is 5.32 Å². The maximum Gasteiger partial charge on any atom is 0.173 e. The van der Waals surface area contributed by atoms with Gasteiger partial charge in [0.2, 0.25) is 0 Å². The maximum absolute atomic E-state index is 6.35. The van der Waals surface area contributed by atoms with Gasteiger partial charge in [0.1, 0.15) is 0 Å². The van der Waals surface area contributed by atoms with Gasteiger partial charge in [-0.25, -0.2) is 0 Å². The molecule has 0 amide bonds. The fraction of sp³-hybridized carbons (Fsp3) is 0.381. The first kappa shape index (κ1) is 19.2. The molecule has 0 aliphatic carbocycles. The first-order chi connectivity index (χ1) is 12.6. The number of hydrogen-bond donors (Lipinski definition) is 1. The number of nitrogens with zero attached hydrogens (tertiary/aromatic N) is 2. The number of anilines is 1. The molecule has 2 aromatic rings. The molecule has 5 heteroatoms. The van der Waals surface area contributed by atoms with Crippen molar-refractivity contribution in [2.75, 3.05) is 25.0 Å². The van der Waals surface area contributed by atoms with Crippen LogP contribution in [-0.2, 0) is 6.54 Å². The van der Waals surface area contributed by atoms with Crippen LogP contribution in [0.5, 0.6) is 0 Å². The highest BCUT2D eigenvalue weighted by Crippen LogP contribution is 2.24. The van der Waals surface area contributed by atoms with Crippen molar-refractivity contribution in [1.82, 2.24) is 9.80 Å². The van der Waals surface area contributed by atoms with Gasteiger partial charge in [0, 0.05) is 32.2 Å². The molecule has 0 spiro atoms. The molecule has 1 N–H and O–H groups in total. The number of benzene rings is 2. The molecule has 1 aliphatic heterocycles. The summed E-state index contributed by atoms with van der Waals surface area (Å²) in [5.74, 6) is 0. The zero-order valence-corrected chi connectivity index (χ0v) is 17.0. The molecule has 1 heterocycles. The molecule has 1 saturated heterocycles. The lowest BCUT2D eigenvalue weighted by Crippen LogP contribution is -2.44. The molecule has 0 bridgehead atoms. The fourth-order valence-corrected chi connectivity index (χ4v) is 4.20. The van der Waals surface area contributed by atoms with E-state index in [1.807, 2.05) is 25.1 Å². The van der Waals surface area contributed by atoms with Crippen LogP contribution in [0.15, 0.2) is 48.5 Å². The third kappa shape index (κ3) is 4.76. The van der Waals surface area contributed by atoms with E-state index in [1.165, 1.54) is 5.56 Å². The minimum Gasteiger partial charge on any atom is -0.345 e. The lowest BCUT2D eigenvalue weighted by atomic mass is 10.2. The molecular formula is C21H26ClN3S. The van der Waals surface area contributed by atoms with Crippen molar-refractivity contribution in [1.29, 1.82) is 0 Å². The number of hydrogen-bond acceptors (Lipinski definition) is 2. The van der Waals surface area contributed by atoms with Crippen molar-refractivity contribution >= 4 is 34.6 Å². The quantitative estimate of drug-likeness (QED) is 0.732. The molecule has 3 nitrogen and oxygen atoms in total. The first-order valence-electron chi connectivity index (χ1n) is 9.17. The number of halogens is 1. The number of rotatable bonds is 5. The number of aryl methyl sites for hydroxylation is 1. The lowest BCUT2D eigenvalue weighted by Gasteiger charge is -2.31. The second kappa shape index (κ2) is 8.85. The van der Waals surface area contributed by atoms with E-state index in [9.17, 15) is 0 Å². The third-order valence-corrected chi connectivity index (χ3v) is 5.55. The number of thiocarbonyl (C=S) groups is 1. The van der Waals surface area contributed by atoms with Gasteiger partial charge in [0.15, 0.2) is 5.11 Å². The van der Waals surface area contributed by atoms with Gasteiger partial charge >= 0.3 is 0 Å². The second-order valence-corrected chi connectivity index (χ2v) is 7.66. The van der Waals surface area contributed by atoms with Crippen LogP contribution in [0.4, 0.5) is 5.69 Å². The number of likely N-dealkylation sites (N-methyl/N-ethyl adjacent to an activating group) is 1. The van der Waals surface area contributed by atoms with Crippen molar-refractivity contribution in [2.45, 2.75) is 32.9 Å². The Morgan fingerprint density at radius 3 is 2.73 bits per heavy atom. The van der Waals surface area contributed by atoms with Gasteiger partial charge in [0.05, 0.1) is 10.7 Å². The molecule has 0 aromatic heterocycles. The fourth-order valence-electron chi connectivity index (χ4n) is 3.53. The molecule has 0 radical (unpaired) electrons. The van der Waals surface area contributed by atoms with Crippen LogP contribution in [0.2, 0.25) is 5.02 Å². The van der Waals surface area contributed by atoms with E-state index in [-0.39, 0.29) is 0 Å². The molecule has 1 aliphatic rings. The smallest absolute Gasteiger partial charge is 0.173 e. The highest BCUT2D eigenvalue weighted by Gasteiger charge is 2.28. The van der Waals surface area contributed by atoms with Gasteiger partial charge in [-0.05, 0) is 55.7 Å². The summed E-state index contributed by atoms with van der Waals surface area (Å²) in [5, 5.41) is 4.80. The van der Waals surface area contributed by atoms with E-state index in [1.54, 1.807) is 0 Å². The van der Waals surface area contributed by atoms with Gasteiger partial charge in [-0.15, -0.1) is 0 Å². The summed E-state index contributed by atoms with van der Waals surface area (Å²) >= 11 is 12.0. The number of likely N-dealkylation sites (tertiary alicyclic amines) is 1. The summed E-state index contributed by atoms with van der Waals surface area (Å²) in [6, 6.07) is 17.1. The molecular weight excluding hydrogens is 362 g/mol. The van der Waals surface area contributed by atoms with E-state index in [2.05, 4.69) is 52.4 Å². The maximum atomic E-state index is 6.35. The van der Waals surface area contributed by atoms with Crippen molar-refractivity contribution in [3.05, 3.63) is 64.7 Å². The van der Waals surface area contributed by atoms with Crippen molar-refractivity contribution < 1.29 is 0 Å². The highest BCUT2D eigenvalue weighted by atomic mass is 35.5. The highest BCUT2D eigenvalue weighted by molar-refractivity contribution is 7.80. The van der Waals surface area contributed by atoms with Crippen LogP contribution in [0, 0.1) is 6.92 Å². The SMILES string of the molecule is CCN(C(=S)Nc1ccc(C)cc1Cl)C1CCN(Cc2ccccc2)C1. The van der Waals surface area contributed by atoms with E-state index in [4.69, 9.17) is 23.8 Å². The van der Waals surface area contributed by atoms with Gasteiger partial charge in [-0.2, -0.15) is 0 Å². The van der Waals surface area contributed by atoms with Crippen LogP contribution in [0.25, 0.3) is 0 Å². The topological polar surface area (TPSA) is 18.5 Å². The zero-order chi connectivity index (χ0) is 18.5. The summed E-state index contributed by atoms with van der Waals surface area (Å²) in [7, 11) is 0. The average Bonchev–Trinajstić information content (AvgIpc) is 3.07. The lowest BCUT2D eigenvalue weighted by molar-refractivity contribution is 0.282. The Morgan fingerprint density at radius 1 is 1.27 bits per heavy atom. The van der Waals surface area contributed by atoms with Crippen molar-refractivity contribution in [3.63, 3.8) is 0 Å². The largest absolute Gasteiger partial charge is 0.345 e. The summed E-state index contributed by atoms with van der Waals surface area (Å²) in [5.41, 5.74) is 3.38. The minimum absolute atomic E-state index is 0.438. The Bertz CT molecular complexity index is 750. The van der Waals surface area contributed by atoms with Gasteiger partial charge in [0.25, 0.3) is 0 Å². The summed E-state index contributed by atoms with van der Waals surface area (Å²) in [6.45, 7) is 8.21. The van der Waals surface area contributed by atoms with Gasteiger partial charge in [-0.3, -0.25) is 4.90 Å². The van der Waals surface area contributed by atoms with Gasteiger partial charge in [-0.1, -0.05) is 48.0 Å². The van der Waals surface area contributed by atoms with E-state index in [0.717, 1.165) is 49.0 Å². The van der Waals surface area contributed by atoms with E-state index < -0.39 is 0 Å². The minimum atomic E-state index is 0.438. The summed E-state index contributed by atoms with van der Waals surface area (Å²) in [6.07, 6.45) is 1.13. The first-order valence-corrected chi connectivity index (χ1v) is 9.95. The van der Waals surface area contributed by atoms with Crippen LogP contribution in [0.3, 0.4) is 0 Å². The average molecular weight is 388 g/mol. The number of nitrogens with one attached hydrogen (secondary N) is 1. The Morgan fingerprint density at radius 2 is 2.04 bits per heavy atom. The van der Waals surface area contributed by atoms with Crippen LogP contribution in [0.1, 0.15) is 24.5 Å². The Labute approximate surface area is 166 Å². The third-order valence-electron chi connectivity index (χ3n) is 4.91. The van der Waals surface area contributed by atoms with E-state index >= 15 is 0 Å². The second-order valence-electron chi connectivity index (χ2n) is 6.86. The van der Waals surface area contributed by atoms with Crippen LogP contribution >= 0.6 is 23.8 Å². The zero-order valence-electron chi connectivity index (χ0n) is 15.4. The van der Waals surface area contributed by atoms with Crippen molar-refractivity contribution in [2.24, 2.45) is 0 Å². The molecule has 0 saturated carbocycles. The van der Waals surface area contributed by atoms with E-state index in [0.29, 0.717) is 11.1 Å². The molecule has 2 aromatic carbocycles. The summed E-state index contributed by atoms with van der Waals surface area (Å²) in [4.78, 5) is 4.79. The Kier molecular flexibility index (Phi) is 6.52. The molecule has 1 fully saturated rings. The summed E-state index contributed by atoms with van der Waals surface area (Å²) < 4.78 is 0. The molecule has 3 rings (SSSR count).